The number of nitrogens with zero attached hydrogens (tertiary/aromatic N) is 1. The van der Waals surface area contributed by atoms with Crippen molar-refractivity contribution in [3.63, 3.8) is 0 Å². The molecule has 1 fully saturated rings. The van der Waals surface area contributed by atoms with E-state index >= 15 is 0 Å². The van der Waals surface area contributed by atoms with Gasteiger partial charge in [-0.25, -0.2) is 4.79 Å². The summed E-state index contributed by atoms with van der Waals surface area (Å²) >= 11 is 0.771. The molecule has 128 valence electrons. The molecule has 0 radical (unpaired) electrons. The van der Waals surface area contributed by atoms with Gasteiger partial charge < -0.3 is 19.5 Å². The van der Waals surface area contributed by atoms with Crippen LogP contribution in [0.5, 0.6) is 0 Å². The Hall–Kier alpha value is -1.65. The highest BCUT2D eigenvalue weighted by molar-refractivity contribution is 7.17. The van der Waals surface area contributed by atoms with E-state index in [1.165, 1.54) is 4.90 Å². The van der Waals surface area contributed by atoms with E-state index in [2.05, 4.69) is 4.74 Å². The molecule has 6 nitrogen and oxygen atoms in total. The van der Waals surface area contributed by atoms with E-state index in [1.54, 1.807) is 0 Å². The molecule has 1 aliphatic rings. The number of halogens is 3. The minimum absolute atomic E-state index is 0.000579. The lowest BCUT2D eigenvalue weighted by atomic mass is 9.94. The van der Waals surface area contributed by atoms with E-state index in [0.717, 1.165) is 24.5 Å². The number of anilines is 1. The van der Waals surface area contributed by atoms with E-state index < -0.39 is 23.3 Å². The first-order valence-corrected chi connectivity index (χ1v) is 7.37. The molecular weight excluding hydrogens is 339 g/mol. The predicted molar refractivity (Wildman–Crippen MR) is 74.7 cm³/mol. The number of thiophene rings is 1. The van der Waals surface area contributed by atoms with Gasteiger partial charge in [-0.1, -0.05) is 0 Å². The minimum atomic E-state index is -5.30. The van der Waals surface area contributed by atoms with Crippen molar-refractivity contribution < 1.29 is 37.3 Å². The van der Waals surface area contributed by atoms with Crippen LogP contribution in [0.1, 0.15) is 15.2 Å². The molecule has 1 aliphatic heterocycles. The van der Waals surface area contributed by atoms with Crippen LogP contribution in [-0.4, -0.2) is 57.0 Å². The number of alkyl halides is 3. The average molecular weight is 353 g/mol. The largest absolute Gasteiger partial charge is 0.466 e. The number of carbonyl (C=O) groups is 2. The van der Waals surface area contributed by atoms with Gasteiger partial charge >= 0.3 is 12.1 Å². The molecule has 2 heterocycles. The van der Waals surface area contributed by atoms with Gasteiger partial charge in [0.2, 0.25) is 0 Å². The van der Waals surface area contributed by atoms with Crippen molar-refractivity contribution in [3.05, 3.63) is 16.5 Å². The first-order chi connectivity index (χ1) is 10.8. The van der Waals surface area contributed by atoms with Crippen molar-refractivity contribution in [2.45, 2.75) is 11.8 Å². The summed E-state index contributed by atoms with van der Waals surface area (Å²) in [7, 11) is 0.750. The Balaban J connectivity index is 2.60. The first kappa shape index (κ1) is 17.7. The molecule has 0 saturated carbocycles. The summed E-state index contributed by atoms with van der Waals surface area (Å²) in [4.78, 5) is 24.2. The third-order valence-electron chi connectivity index (χ3n) is 3.43. The van der Waals surface area contributed by atoms with Crippen LogP contribution in [0.3, 0.4) is 0 Å². The third kappa shape index (κ3) is 3.06. The number of morpholine rings is 1. The molecule has 2 rings (SSSR count). The number of aliphatic hydroxyl groups is 1. The molecule has 0 aromatic carbocycles. The van der Waals surface area contributed by atoms with Gasteiger partial charge in [0.15, 0.2) is 6.29 Å². The van der Waals surface area contributed by atoms with E-state index in [0.29, 0.717) is 6.29 Å². The molecule has 1 atom stereocenters. The van der Waals surface area contributed by atoms with E-state index in [9.17, 15) is 27.9 Å². The van der Waals surface area contributed by atoms with Crippen LogP contribution in [-0.2, 0) is 19.9 Å². The minimum Gasteiger partial charge on any atom is -0.466 e. The van der Waals surface area contributed by atoms with Gasteiger partial charge in [-0.3, -0.25) is 4.79 Å². The Labute approximate surface area is 133 Å². The molecule has 0 aliphatic carbocycles. The molecule has 0 bridgehead atoms. The van der Waals surface area contributed by atoms with Gasteiger partial charge in [-0.05, 0) is 6.07 Å². The fraction of sp³-hybridized carbons (Fsp3) is 0.538. The van der Waals surface area contributed by atoms with Crippen molar-refractivity contribution in [1.82, 2.24) is 0 Å². The SMILES string of the molecule is COC(=O)C(O)(c1cc(C=O)sc1N1CCOCC1)C(F)(F)F. The molecule has 0 amide bonds. The lowest BCUT2D eigenvalue weighted by Gasteiger charge is -2.33. The van der Waals surface area contributed by atoms with Crippen molar-refractivity contribution in [2.24, 2.45) is 0 Å². The molecule has 10 heteroatoms. The highest BCUT2D eigenvalue weighted by Gasteiger charge is 2.63. The standard InChI is InChI=1S/C13H14F3NO5S/c1-21-11(19)12(20,13(14,15)16)9-6-8(7-18)23-10(9)17-2-4-22-5-3-17/h6-7,20H,2-5H2,1H3. The number of esters is 1. The fourth-order valence-electron chi connectivity index (χ4n) is 2.24. The molecular formula is C13H14F3NO5S. The summed E-state index contributed by atoms with van der Waals surface area (Å²) < 4.78 is 49.5. The molecule has 1 saturated heterocycles. The van der Waals surface area contributed by atoms with Crippen LogP contribution in [0, 0.1) is 0 Å². The molecule has 0 spiro atoms. The number of aldehydes is 1. The zero-order chi connectivity index (χ0) is 17.3. The third-order valence-corrected chi connectivity index (χ3v) is 4.55. The zero-order valence-corrected chi connectivity index (χ0v) is 12.9. The maximum atomic E-state index is 13.4. The van der Waals surface area contributed by atoms with E-state index in [4.69, 9.17) is 4.74 Å². The fourth-order valence-corrected chi connectivity index (χ4v) is 3.32. The second-order valence-electron chi connectivity index (χ2n) is 4.78. The highest BCUT2D eigenvalue weighted by Crippen LogP contribution is 2.47. The number of rotatable bonds is 4. The lowest BCUT2D eigenvalue weighted by Crippen LogP contribution is -2.50. The molecule has 1 aromatic heterocycles. The zero-order valence-electron chi connectivity index (χ0n) is 12.1. The number of ether oxygens (including phenoxy) is 2. The van der Waals surface area contributed by atoms with Crippen molar-refractivity contribution in [2.75, 3.05) is 38.3 Å². The topological polar surface area (TPSA) is 76.1 Å². The molecule has 1 N–H and O–H groups in total. The number of methoxy groups -OCH3 is 1. The number of carbonyl (C=O) groups excluding carboxylic acids is 2. The monoisotopic (exact) mass is 353 g/mol. The molecule has 23 heavy (non-hydrogen) atoms. The van der Waals surface area contributed by atoms with Gasteiger partial charge in [0.1, 0.15) is 0 Å². The number of hydrogen-bond acceptors (Lipinski definition) is 7. The molecule has 1 unspecified atom stereocenters. The van der Waals surface area contributed by atoms with Crippen LogP contribution in [0.15, 0.2) is 6.07 Å². The smallest absolute Gasteiger partial charge is 0.432 e. The maximum Gasteiger partial charge on any atom is 0.432 e. The second kappa shape index (κ2) is 6.46. The summed E-state index contributed by atoms with van der Waals surface area (Å²) in [6.45, 7) is 1.13. The van der Waals surface area contributed by atoms with Crippen molar-refractivity contribution in [3.8, 4) is 0 Å². The Kier molecular flexibility index (Phi) is 4.97. The number of hydrogen-bond donors (Lipinski definition) is 1. The van der Waals surface area contributed by atoms with Crippen LogP contribution in [0.2, 0.25) is 0 Å². The average Bonchev–Trinajstić information content (AvgIpc) is 2.97. The van der Waals surface area contributed by atoms with Crippen LogP contribution in [0.25, 0.3) is 0 Å². The van der Waals surface area contributed by atoms with E-state index in [-0.39, 0.29) is 36.2 Å². The van der Waals surface area contributed by atoms with Crippen LogP contribution in [0.4, 0.5) is 18.2 Å². The Morgan fingerprint density at radius 2 is 2.04 bits per heavy atom. The van der Waals surface area contributed by atoms with Crippen molar-refractivity contribution >= 4 is 28.6 Å². The Morgan fingerprint density at radius 3 is 2.52 bits per heavy atom. The Bertz CT molecular complexity index is 597. The first-order valence-electron chi connectivity index (χ1n) is 6.55. The normalized spacial score (nSPS) is 18.4. The maximum absolute atomic E-state index is 13.4. The van der Waals surface area contributed by atoms with Gasteiger partial charge in [-0.15, -0.1) is 11.3 Å². The predicted octanol–water partition coefficient (Wildman–Crippen LogP) is 1.32. The van der Waals surface area contributed by atoms with E-state index in [1.807, 2.05) is 0 Å². The molecule has 1 aromatic rings. The summed E-state index contributed by atoms with van der Waals surface area (Å²) in [5, 5.41) is 10.1. The van der Waals surface area contributed by atoms with Gasteiger partial charge in [0, 0.05) is 18.7 Å². The van der Waals surface area contributed by atoms with Gasteiger partial charge in [-0.2, -0.15) is 13.2 Å². The van der Waals surface area contributed by atoms with Crippen molar-refractivity contribution in [1.29, 1.82) is 0 Å². The lowest BCUT2D eigenvalue weighted by molar-refractivity contribution is -0.266. The summed E-state index contributed by atoms with van der Waals surface area (Å²) in [5.41, 5.74) is -4.54. The highest BCUT2D eigenvalue weighted by atomic mass is 32.1. The summed E-state index contributed by atoms with van der Waals surface area (Å²) in [6, 6.07) is 0.868. The quantitative estimate of drug-likeness (QED) is 0.650. The summed E-state index contributed by atoms with van der Waals surface area (Å²) in [5.74, 6) is -1.85. The van der Waals surface area contributed by atoms with Gasteiger partial charge in [0.25, 0.3) is 5.60 Å². The second-order valence-corrected chi connectivity index (χ2v) is 5.85. The van der Waals surface area contributed by atoms with Crippen LogP contribution < -0.4 is 4.90 Å². The van der Waals surface area contributed by atoms with Gasteiger partial charge in [0.05, 0.1) is 30.2 Å². The Morgan fingerprint density at radius 1 is 1.43 bits per heavy atom. The summed E-state index contributed by atoms with van der Waals surface area (Å²) in [6.07, 6.45) is -4.94. The van der Waals surface area contributed by atoms with Crippen LogP contribution >= 0.6 is 11.3 Å².